The summed E-state index contributed by atoms with van der Waals surface area (Å²) < 4.78 is 25.3. The SMILES string of the molecule is NS(=O)(=O)c1ccc(-c2n[nH]c(=S)n2C2CCCCC2)cc1. The fourth-order valence-electron chi connectivity index (χ4n) is 2.98. The van der Waals surface area contributed by atoms with Gasteiger partial charge in [0, 0.05) is 11.6 Å². The third-order valence-corrected chi connectivity index (χ3v) is 5.30. The van der Waals surface area contributed by atoms with Gasteiger partial charge in [0.05, 0.1) is 4.90 Å². The van der Waals surface area contributed by atoms with E-state index in [0.717, 1.165) is 24.2 Å². The monoisotopic (exact) mass is 338 g/mol. The van der Waals surface area contributed by atoms with E-state index in [1.165, 1.54) is 31.4 Å². The molecule has 0 unspecified atom stereocenters. The topological polar surface area (TPSA) is 93.8 Å². The van der Waals surface area contributed by atoms with Crippen molar-refractivity contribution in [1.29, 1.82) is 0 Å². The predicted octanol–water partition coefficient (Wildman–Crippen LogP) is 2.76. The average molecular weight is 338 g/mol. The van der Waals surface area contributed by atoms with Crippen LogP contribution < -0.4 is 5.14 Å². The molecule has 0 aliphatic heterocycles. The minimum atomic E-state index is -3.68. The van der Waals surface area contributed by atoms with Crippen LogP contribution in [0.5, 0.6) is 0 Å². The summed E-state index contributed by atoms with van der Waals surface area (Å²) in [5.41, 5.74) is 0.824. The molecule has 1 aromatic carbocycles. The molecule has 0 amide bonds. The van der Waals surface area contributed by atoms with Gasteiger partial charge in [0.25, 0.3) is 0 Å². The second-order valence-electron chi connectivity index (χ2n) is 5.58. The number of aromatic amines is 1. The Morgan fingerprint density at radius 1 is 1.18 bits per heavy atom. The van der Waals surface area contributed by atoms with Crippen LogP contribution in [0, 0.1) is 4.77 Å². The Labute approximate surface area is 134 Å². The number of sulfonamides is 1. The van der Waals surface area contributed by atoms with Crippen molar-refractivity contribution in [2.24, 2.45) is 5.14 Å². The lowest BCUT2D eigenvalue weighted by atomic mass is 9.95. The summed E-state index contributed by atoms with van der Waals surface area (Å²) in [4.78, 5) is 0.0922. The first kappa shape index (κ1) is 15.4. The fourth-order valence-corrected chi connectivity index (χ4v) is 3.78. The molecule has 3 rings (SSSR count). The lowest BCUT2D eigenvalue weighted by Crippen LogP contribution is -2.14. The van der Waals surface area contributed by atoms with Crippen LogP contribution in [0.4, 0.5) is 0 Å². The fraction of sp³-hybridized carbons (Fsp3) is 0.429. The van der Waals surface area contributed by atoms with Gasteiger partial charge < -0.3 is 0 Å². The van der Waals surface area contributed by atoms with Gasteiger partial charge in [0.15, 0.2) is 10.6 Å². The smallest absolute Gasteiger partial charge is 0.238 e. The lowest BCUT2D eigenvalue weighted by molar-refractivity contribution is 0.352. The van der Waals surface area contributed by atoms with Crippen molar-refractivity contribution in [3.05, 3.63) is 29.0 Å². The van der Waals surface area contributed by atoms with Gasteiger partial charge in [-0.1, -0.05) is 19.3 Å². The summed E-state index contributed by atoms with van der Waals surface area (Å²) in [6.45, 7) is 0. The van der Waals surface area contributed by atoms with E-state index in [-0.39, 0.29) is 4.90 Å². The maximum atomic E-state index is 11.3. The maximum absolute atomic E-state index is 11.3. The van der Waals surface area contributed by atoms with Gasteiger partial charge in [-0.3, -0.25) is 9.67 Å². The first-order valence-electron chi connectivity index (χ1n) is 7.27. The van der Waals surface area contributed by atoms with Crippen molar-refractivity contribution in [2.75, 3.05) is 0 Å². The molecule has 0 atom stereocenters. The van der Waals surface area contributed by atoms with Crippen molar-refractivity contribution in [3.8, 4) is 11.4 Å². The van der Waals surface area contributed by atoms with Crippen LogP contribution in [0.1, 0.15) is 38.1 Å². The Balaban J connectivity index is 2.00. The Morgan fingerprint density at radius 3 is 2.41 bits per heavy atom. The summed E-state index contributed by atoms with van der Waals surface area (Å²) in [7, 11) is -3.68. The van der Waals surface area contributed by atoms with E-state index >= 15 is 0 Å². The van der Waals surface area contributed by atoms with Crippen molar-refractivity contribution in [3.63, 3.8) is 0 Å². The number of benzene rings is 1. The molecule has 0 spiro atoms. The van der Waals surface area contributed by atoms with Crippen LogP contribution in [0.15, 0.2) is 29.2 Å². The van der Waals surface area contributed by atoms with Gasteiger partial charge in [-0.05, 0) is 49.3 Å². The van der Waals surface area contributed by atoms with Crippen LogP contribution in [0.3, 0.4) is 0 Å². The summed E-state index contributed by atoms with van der Waals surface area (Å²) in [5.74, 6) is 0.748. The second kappa shape index (κ2) is 5.94. The Morgan fingerprint density at radius 2 is 1.82 bits per heavy atom. The first-order chi connectivity index (χ1) is 10.5. The third kappa shape index (κ3) is 2.99. The van der Waals surface area contributed by atoms with Crippen molar-refractivity contribution in [2.45, 2.75) is 43.0 Å². The van der Waals surface area contributed by atoms with Gasteiger partial charge in [-0.15, -0.1) is 0 Å². The zero-order valence-electron chi connectivity index (χ0n) is 12.0. The molecule has 6 nitrogen and oxygen atoms in total. The highest BCUT2D eigenvalue weighted by Gasteiger charge is 2.20. The lowest BCUT2D eigenvalue weighted by Gasteiger charge is -2.24. The zero-order chi connectivity index (χ0) is 15.7. The number of nitrogens with one attached hydrogen (secondary N) is 1. The van der Waals surface area contributed by atoms with Crippen molar-refractivity contribution >= 4 is 22.2 Å². The molecule has 0 radical (unpaired) electrons. The molecular weight excluding hydrogens is 320 g/mol. The number of H-pyrrole nitrogens is 1. The van der Waals surface area contributed by atoms with E-state index in [9.17, 15) is 8.42 Å². The molecule has 1 aliphatic carbocycles. The molecule has 1 heterocycles. The number of nitrogens with zero attached hydrogens (tertiary/aromatic N) is 2. The van der Waals surface area contributed by atoms with Gasteiger partial charge in [0.2, 0.25) is 10.0 Å². The van der Waals surface area contributed by atoms with Crippen LogP contribution in [-0.4, -0.2) is 23.2 Å². The molecule has 1 saturated carbocycles. The van der Waals surface area contributed by atoms with E-state index in [1.807, 2.05) is 0 Å². The van der Waals surface area contributed by atoms with Crippen LogP contribution in [0.2, 0.25) is 0 Å². The molecule has 0 saturated heterocycles. The number of hydrogen-bond donors (Lipinski definition) is 2. The molecule has 22 heavy (non-hydrogen) atoms. The molecule has 2 aromatic rings. The standard InChI is InChI=1S/C14H18N4O2S2/c15-22(19,20)12-8-6-10(7-9-12)13-16-17-14(21)18(13)11-4-2-1-3-5-11/h6-9,11H,1-5H2,(H,17,21)(H2,15,19,20). The highest BCUT2D eigenvalue weighted by atomic mass is 32.2. The van der Waals surface area contributed by atoms with Gasteiger partial charge in [-0.25, -0.2) is 13.6 Å². The summed E-state index contributed by atoms with van der Waals surface area (Å²) >= 11 is 5.37. The second-order valence-corrected chi connectivity index (χ2v) is 7.53. The quantitative estimate of drug-likeness (QED) is 0.841. The normalized spacial score (nSPS) is 16.8. The largest absolute Gasteiger partial charge is 0.297 e. The molecule has 1 fully saturated rings. The number of nitrogens with two attached hydrogens (primary N) is 1. The summed E-state index contributed by atoms with van der Waals surface area (Å²) in [5, 5.41) is 12.3. The van der Waals surface area contributed by atoms with Crippen molar-refractivity contribution < 1.29 is 8.42 Å². The maximum Gasteiger partial charge on any atom is 0.238 e. The van der Waals surface area contributed by atoms with Gasteiger partial charge in [0.1, 0.15) is 0 Å². The predicted molar refractivity (Wildman–Crippen MR) is 86.3 cm³/mol. The number of aromatic nitrogens is 3. The van der Waals surface area contributed by atoms with Crippen LogP contribution >= 0.6 is 12.2 Å². The number of hydrogen-bond acceptors (Lipinski definition) is 4. The minimum absolute atomic E-state index is 0.0922. The molecule has 118 valence electrons. The molecular formula is C14H18N4O2S2. The minimum Gasteiger partial charge on any atom is -0.297 e. The first-order valence-corrected chi connectivity index (χ1v) is 9.22. The number of primary sulfonamides is 1. The Hall–Kier alpha value is -1.51. The van der Waals surface area contributed by atoms with Crippen molar-refractivity contribution in [1.82, 2.24) is 14.8 Å². The van der Waals surface area contributed by atoms with Gasteiger partial charge >= 0.3 is 0 Å². The molecule has 1 aromatic heterocycles. The molecule has 0 bridgehead atoms. The zero-order valence-corrected chi connectivity index (χ0v) is 13.7. The Bertz CT molecular complexity index is 815. The van der Waals surface area contributed by atoms with E-state index in [0.29, 0.717) is 10.8 Å². The van der Waals surface area contributed by atoms with Crippen LogP contribution in [-0.2, 0) is 10.0 Å². The molecule has 8 heteroatoms. The number of rotatable bonds is 3. The highest BCUT2D eigenvalue weighted by molar-refractivity contribution is 7.89. The van der Waals surface area contributed by atoms with E-state index in [1.54, 1.807) is 12.1 Å². The summed E-state index contributed by atoms with van der Waals surface area (Å²) in [6, 6.07) is 6.77. The van der Waals surface area contributed by atoms with Crippen LogP contribution in [0.25, 0.3) is 11.4 Å². The third-order valence-electron chi connectivity index (χ3n) is 4.09. The Kier molecular flexibility index (Phi) is 4.16. The van der Waals surface area contributed by atoms with E-state index in [2.05, 4.69) is 14.8 Å². The van der Waals surface area contributed by atoms with E-state index in [4.69, 9.17) is 17.4 Å². The average Bonchev–Trinajstić information content (AvgIpc) is 2.89. The molecule has 1 aliphatic rings. The van der Waals surface area contributed by atoms with Gasteiger partial charge in [-0.2, -0.15) is 5.10 Å². The van der Waals surface area contributed by atoms with E-state index < -0.39 is 10.0 Å². The molecule has 3 N–H and O–H groups in total. The summed E-state index contributed by atoms with van der Waals surface area (Å²) in [6.07, 6.45) is 5.84. The highest BCUT2D eigenvalue weighted by Crippen LogP contribution is 2.32.